The predicted octanol–water partition coefficient (Wildman–Crippen LogP) is 1.85. The van der Waals surface area contributed by atoms with E-state index >= 15 is 0 Å². The smallest absolute Gasteiger partial charge is 0.222 e. The van der Waals surface area contributed by atoms with Crippen LogP contribution >= 0.6 is 0 Å². The molecule has 3 heterocycles. The van der Waals surface area contributed by atoms with E-state index < -0.39 is 0 Å². The monoisotopic (exact) mass is 364 g/mol. The number of anilines is 1. The lowest BCUT2D eigenvalue weighted by molar-refractivity contribution is -0.122. The molecule has 1 aliphatic rings. The molecule has 7 heteroatoms. The zero-order valence-electron chi connectivity index (χ0n) is 15.5. The number of carbonyl (C=O) groups excluding carboxylic acids is 1. The number of rotatable bonds is 5. The molecule has 0 radical (unpaired) electrons. The Morgan fingerprint density at radius 3 is 2.81 bits per heavy atom. The van der Waals surface area contributed by atoms with Gasteiger partial charge < -0.3 is 10.6 Å². The molecular formula is C20H24N6O. The van der Waals surface area contributed by atoms with Crippen molar-refractivity contribution in [3.05, 3.63) is 47.9 Å². The molecule has 3 aromatic rings. The van der Waals surface area contributed by atoms with Gasteiger partial charge in [0, 0.05) is 26.6 Å². The highest BCUT2D eigenvalue weighted by Crippen LogP contribution is 2.28. The number of primary amides is 1. The minimum Gasteiger partial charge on any atom is -0.369 e. The molecule has 2 N–H and O–H groups in total. The fraction of sp³-hybridized carbons (Fsp3) is 0.400. The van der Waals surface area contributed by atoms with E-state index in [-0.39, 0.29) is 11.8 Å². The van der Waals surface area contributed by atoms with E-state index in [9.17, 15) is 4.79 Å². The summed E-state index contributed by atoms with van der Waals surface area (Å²) in [6.45, 7) is 1.47. The molecule has 27 heavy (non-hydrogen) atoms. The van der Waals surface area contributed by atoms with Gasteiger partial charge >= 0.3 is 0 Å². The maximum Gasteiger partial charge on any atom is 0.222 e. The standard InChI is InChI=1S/C20H24N6O/c1-25-19-16(12-22-25)20(26-11-5-8-15(13-26)18(21)27)24-17(23-19)10-9-14-6-3-2-4-7-14/h2-4,6-7,12,15H,5,8-11,13H2,1H3,(H2,21,27). The summed E-state index contributed by atoms with van der Waals surface area (Å²) in [5.74, 6) is 1.29. The number of amides is 1. The molecule has 7 nitrogen and oxygen atoms in total. The van der Waals surface area contributed by atoms with Crippen molar-refractivity contribution in [1.82, 2.24) is 19.7 Å². The van der Waals surface area contributed by atoms with E-state index in [1.165, 1.54) is 5.56 Å². The third-order valence-corrected chi connectivity index (χ3v) is 5.22. The quantitative estimate of drug-likeness (QED) is 0.746. The van der Waals surface area contributed by atoms with Crippen LogP contribution in [0.3, 0.4) is 0 Å². The molecular weight excluding hydrogens is 340 g/mol. The van der Waals surface area contributed by atoms with Crippen LogP contribution in [0.15, 0.2) is 36.5 Å². The fourth-order valence-corrected chi connectivity index (χ4v) is 3.71. The molecule has 4 rings (SSSR count). The highest BCUT2D eigenvalue weighted by molar-refractivity contribution is 5.87. The number of nitrogens with zero attached hydrogens (tertiary/aromatic N) is 5. The van der Waals surface area contributed by atoms with Gasteiger partial charge in [0.1, 0.15) is 11.6 Å². The zero-order valence-corrected chi connectivity index (χ0v) is 15.5. The Kier molecular flexibility index (Phi) is 4.75. The van der Waals surface area contributed by atoms with E-state index in [2.05, 4.69) is 22.1 Å². The second-order valence-electron chi connectivity index (χ2n) is 7.14. The third-order valence-electron chi connectivity index (χ3n) is 5.22. The molecule has 140 valence electrons. The maximum atomic E-state index is 11.7. The van der Waals surface area contributed by atoms with Crippen molar-refractivity contribution < 1.29 is 4.79 Å². The number of aromatic nitrogens is 4. The normalized spacial score (nSPS) is 17.4. The first-order valence-corrected chi connectivity index (χ1v) is 9.38. The number of benzene rings is 1. The molecule has 0 bridgehead atoms. The minimum absolute atomic E-state index is 0.131. The van der Waals surface area contributed by atoms with Crippen LogP contribution in [-0.2, 0) is 24.7 Å². The summed E-state index contributed by atoms with van der Waals surface area (Å²) in [5, 5.41) is 5.28. The van der Waals surface area contributed by atoms with Crippen LogP contribution in [0.5, 0.6) is 0 Å². The van der Waals surface area contributed by atoms with Gasteiger partial charge in [0.2, 0.25) is 5.91 Å². The minimum atomic E-state index is -0.236. The van der Waals surface area contributed by atoms with Gasteiger partial charge in [-0.25, -0.2) is 9.97 Å². The lowest BCUT2D eigenvalue weighted by Gasteiger charge is -2.32. The van der Waals surface area contributed by atoms with Crippen LogP contribution < -0.4 is 10.6 Å². The van der Waals surface area contributed by atoms with Gasteiger partial charge in [0.25, 0.3) is 0 Å². The van der Waals surface area contributed by atoms with Crippen molar-refractivity contribution >= 4 is 22.8 Å². The number of aryl methyl sites for hydroxylation is 3. The first-order chi connectivity index (χ1) is 13.1. The average molecular weight is 364 g/mol. The molecule has 1 aromatic carbocycles. The molecule has 0 saturated carbocycles. The Balaban J connectivity index is 1.65. The molecule has 1 unspecified atom stereocenters. The van der Waals surface area contributed by atoms with Gasteiger partial charge in [-0.3, -0.25) is 9.48 Å². The van der Waals surface area contributed by atoms with Crippen molar-refractivity contribution in [1.29, 1.82) is 0 Å². The maximum absolute atomic E-state index is 11.7. The number of hydrogen-bond donors (Lipinski definition) is 1. The predicted molar refractivity (Wildman–Crippen MR) is 104 cm³/mol. The van der Waals surface area contributed by atoms with Gasteiger partial charge in [-0.2, -0.15) is 5.10 Å². The first kappa shape index (κ1) is 17.5. The van der Waals surface area contributed by atoms with Gasteiger partial charge in [0.15, 0.2) is 5.65 Å². The van der Waals surface area contributed by atoms with Crippen LogP contribution in [0.2, 0.25) is 0 Å². The van der Waals surface area contributed by atoms with Crippen LogP contribution in [0.25, 0.3) is 11.0 Å². The van der Waals surface area contributed by atoms with Gasteiger partial charge in [0.05, 0.1) is 17.5 Å². The fourth-order valence-electron chi connectivity index (χ4n) is 3.71. The Labute approximate surface area is 158 Å². The second kappa shape index (κ2) is 7.34. The molecule has 2 aromatic heterocycles. The Morgan fingerprint density at radius 2 is 2.04 bits per heavy atom. The average Bonchev–Trinajstić information content (AvgIpc) is 3.07. The molecule has 1 amide bonds. The van der Waals surface area contributed by atoms with Crippen LogP contribution in [0.1, 0.15) is 24.2 Å². The highest BCUT2D eigenvalue weighted by atomic mass is 16.1. The Bertz CT molecular complexity index is 952. The van der Waals surface area contributed by atoms with Crippen molar-refractivity contribution in [2.75, 3.05) is 18.0 Å². The molecule has 0 aliphatic carbocycles. The molecule has 1 saturated heterocycles. The summed E-state index contributed by atoms with van der Waals surface area (Å²) in [5.41, 5.74) is 7.64. The first-order valence-electron chi connectivity index (χ1n) is 9.38. The molecule has 1 fully saturated rings. The van der Waals surface area contributed by atoms with E-state index in [0.717, 1.165) is 54.9 Å². The summed E-state index contributed by atoms with van der Waals surface area (Å²) in [6, 6.07) is 10.3. The summed E-state index contributed by atoms with van der Waals surface area (Å²) in [4.78, 5) is 23.4. The second-order valence-corrected chi connectivity index (χ2v) is 7.14. The summed E-state index contributed by atoms with van der Waals surface area (Å²) in [7, 11) is 1.89. The molecule has 1 atom stereocenters. The van der Waals surface area contributed by atoms with Crippen molar-refractivity contribution in [2.45, 2.75) is 25.7 Å². The summed E-state index contributed by atoms with van der Waals surface area (Å²) in [6.07, 6.45) is 5.21. The number of hydrogen-bond acceptors (Lipinski definition) is 5. The topological polar surface area (TPSA) is 89.9 Å². The number of carbonyl (C=O) groups is 1. The highest BCUT2D eigenvalue weighted by Gasteiger charge is 2.27. The zero-order chi connectivity index (χ0) is 18.8. The molecule has 0 spiro atoms. The van der Waals surface area contributed by atoms with Crippen LogP contribution in [0, 0.1) is 5.92 Å². The van der Waals surface area contributed by atoms with Crippen molar-refractivity contribution in [3.63, 3.8) is 0 Å². The van der Waals surface area contributed by atoms with Gasteiger partial charge in [-0.1, -0.05) is 30.3 Å². The molecule has 1 aliphatic heterocycles. The van der Waals surface area contributed by atoms with Gasteiger partial charge in [-0.15, -0.1) is 0 Å². The third kappa shape index (κ3) is 3.63. The lowest BCUT2D eigenvalue weighted by atomic mass is 9.97. The number of nitrogens with two attached hydrogens (primary N) is 1. The van der Waals surface area contributed by atoms with Crippen LogP contribution in [-0.4, -0.2) is 38.7 Å². The van der Waals surface area contributed by atoms with Gasteiger partial charge in [-0.05, 0) is 24.8 Å². The largest absolute Gasteiger partial charge is 0.369 e. The Hall–Kier alpha value is -2.96. The number of piperidine rings is 1. The lowest BCUT2D eigenvalue weighted by Crippen LogP contribution is -2.41. The van der Waals surface area contributed by atoms with Crippen LogP contribution in [0.4, 0.5) is 5.82 Å². The van der Waals surface area contributed by atoms with E-state index in [4.69, 9.17) is 15.7 Å². The van der Waals surface area contributed by atoms with E-state index in [0.29, 0.717) is 6.54 Å². The van der Waals surface area contributed by atoms with E-state index in [1.807, 2.05) is 25.2 Å². The number of fused-ring (bicyclic) bond motifs is 1. The van der Waals surface area contributed by atoms with Crippen molar-refractivity contribution in [2.24, 2.45) is 18.7 Å². The summed E-state index contributed by atoms with van der Waals surface area (Å²) >= 11 is 0. The van der Waals surface area contributed by atoms with E-state index in [1.54, 1.807) is 10.9 Å². The van der Waals surface area contributed by atoms with Crippen molar-refractivity contribution in [3.8, 4) is 0 Å². The SMILES string of the molecule is Cn1ncc2c(N3CCCC(C(N)=O)C3)nc(CCc3ccccc3)nc21. The Morgan fingerprint density at radius 1 is 1.22 bits per heavy atom. The summed E-state index contributed by atoms with van der Waals surface area (Å²) < 4.78 is 1.78.